The predicted octanol–water partition coefficient (Wildman–Crippen LogP) is 4.89. The molecule has 1 atom stereocenters. The van der Waals surface area contributed by atoms with Gasteiger partial charge < -0.3 is 35.4 Å². The fraction of sp³-hybridized carbons (Fsp3) is 0.571. The summed E-state index contributed by atoms with van der Waals surface area (Å²) in [5, 5.41) is 2.99. The number of hydrogen-bond acceptors (Lipinski definition) is 7. The Bertz CT molecular complexity index is 1560. The first kappa shape index (κ1) is 36.2. The first-order chi connectivity index (χ1) is 23.9. The summed E-state index contributed by atoms with van der Waals surface area (Å²) in [5.41, 5.74) is 6.32. The Morgan fingerprint density at radius 1 is 0.940 bits per heavy atom. The number of nitrogens with zero attached hydrogens (tertiary/aromatic N) is 5. The number of nitrogen functional groups attached to an aromatic ring is 1. The number of nitrogens with two attached hydrogens (primary N) is 1. The normalized spacial score (nSPS) is 21.0. The van der Waals surface area contributed by atoms with Gasteiger partial charge in [0.05, 0.1) is 11.3 Å². The van der Waals surface area contributed by atoms with Gasteiger partial charge in [-0.05, 0) is 84.4 Å². The number of halogens is 4. The molecule has 3 saturated heterocycles. The van der Waals surface area contributed by atoms with Crippen molar-refractivity contribution in [2.75, 3.05) is 77.0 Å². The van der Waals surface area contributed by atoms with Gasteiger partial charge in [-0.2, -0.15) is 13.2 Å². The highest BCUT2D eigenvalue weighted by molar-refractivity contribution is 9.10. The fourth-order valence-corrected chi connectivity index (χ4v) is 8.06. The molecule has 50 heavy (non-hydrogen) atoms. The van der Waals surface area contributed by atoms with Crippen LogP contribution in [0.1, 0.15) is 42.4 Å². The minimum atomic E-state index is -4.71. The Hall–Kier alpha value is -3.56. The van der Waals surface area contributed by atoms with E-state index in [0.717, 1.165) is 56.3 Å². The lowest BCUT2D eigenvalue weighted by molar-refractivity contribution is -0.142. The van der Waals surface area contributed by atoms with Gasteiger partial charge in [-0.25, -0.2) is 9.59 Å². The SMILES string of the molecule is CN1CCN(C2CCN(C(=O)C(Cc3cc(Br)c(N)c(C(F)(F)F)c3)OC(=O)N3CCC(N4CCc5ccccc5NC4=O)CC3)CC2)CC1. The maximum absolute atomic E-state index is 14.0. The highest BCUT2D eigenvalue weighted by Crippen LogP contribution is 2.38. The highest BCUT2D eigenvalue weighted by atomic mass is 79.9. The van der Waals surface area contributed by atoms with Crippen LogP contribution in [0.3, 0.4) is 0 Å². The summed E-state index contributed by atoms with van der Waals surface area (Å²) in [5.74, 6) is -0.424. The van der Waals surface area contributed by atoms with Crippen LogP contribution in [0.5, 0.6) is 0 Å². The molecule has 2 aromatic rings. The Morgan fingerprint density at radius 2 is 1.58 bits per heavy atom. The van der Waals surface area contributed by atoms with Crippen LogP contribution < -0.4 is 11.1 Å². The van der Waals surface area contributed by atoms with Crippen molar-refractivity contribution in [1.29, 1.82) is 0 Å². The molecule has 4 amide bonds. The summed E-state index contributed by atoms with van der Waals surface area (Å²) in [6.45, 7) is 6.03. The highest BCUT2D eigenvalue weighted by Gasteiger charge is 2.38. The summed E-state index contributed by atoms with van der Waals surface area (Å²) in [7, 11) is 2.10. The van der Waals surface area contributed by atoms with Crippen LogP contribution in [0.25, 0.3) is 0 Å². The number of piperazine rings is 1. The number of urea groups is 1. The number of para-hydroxylation sites is 1. The third kappa shape index (κ3) is 8.31. The second kappa shape index (κ2) is 15.4. The van der Waals surface area contributed by atoms with E-state index < -0.39 is 35.5 Å². The number of likely N-dealkylation sites (tertiary alicyclic amines) is 2. The molecule has 4 aliphatic rings. The minimum absolute atomic E-state index is 0.0514. The monoisotopic (exact) mass is 763 g/mol. The van der Waals surface area contributed by atoms with Crippen molar-refractivity contribution in [2.45, 2.75) is 62.9 Å². The van der Waals surface area contributed by atoms with E-state index in [0.29, 0.717) is 58.0 Å². The second-order valence-electron chi connectivity index (χ2n) is 13.8. The third-order valence-corrected chi connectivity index (χ3v) is 11.2. The molecule has 0 bridgehead atoms. The van der Waals surface area contributed by atoms with Crippen molar-refractivity contribution in [2.24, 2.45) is 0 Å². The van der Waals surface area contributed by atoms with E-state index in [2.05, 4.69) is 38.1 Å². The van der Waals surface area contributed by atoms with Crippen molar-refractivity contribution >= 4 is 45.3 Å². The Morgan fingerprint density at radius 3 is 2.26 bits per heavy atom. The molecule has 1 unspecified atom stereocenters. The standard InChI is InChI=1S/C35H45BrF3N7O4/c1-42-16-18-43(19-17-42)25-7-11-44(12-8-25)32(47)30(22-23-20-27(35(37,38)39)31(40)28(36)21-23)50-34(49)45-13-9-26(10-14-45)46-15-6-24-4-2-3-5-29(24)41-33(46)48/h2-5,20-21,25-26,30H,6-19,22,40H2,1H3,(H,41,48). The van der Waals surface area contributed by atoms with Crippen LogP contribution >= 0.6 is 15.9 Å². The summed E-state index contributed by atoms with van der Waals surface area (Å²) in [4.78, 5) is 50.4. The molecule has 0 aromatic heterocycles. The van der Waals surface area contributed by atoms with E-state index in [4.69, 9.17) is 10.5 Å². The average Bonchev–Trinajstić information content (AvgIpc) is 3.27. The third-order valence-electron chi connectivity index (χ3n) is 10.6. The summed E-state index contributed by atoms with van der Waals surface area (Å²) < 4.78 is 47.5. The van der Waals surface area contributed by atoms with E-state index in [1.165, 1.54) is 11.0 Å². The fourth-order valence-electron chi connectivity index (χ4n) is 7.56. The zero-order valence-electron chi connectivity index (χ0n) is 28.3. The van der Waals surface area contributed by atoms with Crippen molar-refractivity contribution in [3.63, 3.8) is 0 Å². The lowest BCUT2D eigenvalue weighted by Gasteiger charge is -2.42. The molecule has 15 heteroatoms. The predicted molar refractivity (Wildman–Crippen MR) is 187 cm³/mol. The number of ether oxygens (including phenoxy) is 1. The van der Waals surface area contributed by atoms with Crippen LogP contribution in [0, 0.1) is 0 Å². The summed E-state index contributed by atoms with van der Waals surface area (Å²) >= 11 is 3.13. The number of carbonyl (C=O) groups is 3. The Balaban J connectivity index is 1.12. The van der Waals surface area contributed by atoms with Gasteiger partial charge in [0.25, 0.3) is 5.91 Å². The number of likely N-dealkylation sites (N-methyl/N-ethyl adjacent to an activating group) is 1. The number of rotatable bonds is 6. The second-order valence-corrected chi connectivity index (χ2v) is 14.6. The summed E-state index contributed by atoms with van der Waals surface area (Å²) in [6, 6.07) is 10.2. The largest absolute Gasteiger partial charge is 0.436 e. The van der Waals surface area contributed by atoms with Gasteiger partial charge in [0.1, 0.15) is 0 Å². The molecule has 0 spiro atoms. The smallest absolute Gasteiger partial charge is 0.418 e. The van der Waals surface area contributed by atoms with Gasteiger partial charge in [0, 0.05) is 87.6 Å². The quantitative estimate of drug-likeness (QED) is 0.403. The van der Waals surface area contributed by atoms with Crippen molar-refractivity contribution < 1.29 is 32.3 Å². The Labute approximate surface area is 299 Å². The van der Waals surface area contributed by atoms with Crippen LogP contribution in [0.2, 0.25) is 0 Å². The summed E-state index contributed by atoms with van der Waals surface area (Å²) in [6.07, 6.45) is -3.68. The van der Waals surface area contributed by atoms with Crippen LogP contribution in [-0.2, 0) is 28.5 Å². The van der Waals surface area contributed by atoms with E-state index >= 15 is 0 Å². The number of alkyl halides is 3. The lowest BCUT2D eigenvalue weighted by atomic mass is 9.99. The maximum Gasteiger partial charge on any atom is 0.418 e. The van der Waals surface area contributed by atoms with Gasteiger partial charge in [0.15, 0.2) is 6.10 Å². The van der Waals surface area contributed by atoms with E-state index in [-0.39, 0.29) is 28.5 Å². The number of fused-ring (bicyclic) bond motifs is 1. The number of nitrogens with one attached hydrogen (secondary N) is 1. The first-order valence-corrected chi connectivity index (χ1v) is 18.1. The molecular formula is C35H45BrF3N7O4. The molecule has 3 N–H and O–H groups in total. The topological polar surface area (TPSA) is 115 Å². The van der Waals surface area contributed by atoms with Crippen molar-refractivity contribution in [3.8, 4) is 0 Å². The molecule has 0 radical (unpaired) electrons. The molecular weight excluding hydrogens is 719 g/mol. The van der Waals surface area contributed by atoms with E-state index in [9.17, 15) is 27.6 Å². The zero-order valence-corrected chi connectivity index (χ0v) is 29.8. The number of carbonyl (C=O) groups excluding carboxylic acids is 3. The lowest BCUT2D eigenvalue weighted by Crippen LogP contribution is -2.54. The minimum Gasteiger partial charge on any atom is -0.436 e. The molecule has 0 aliphatic carbocycles. The molecule has 2 aromatic carbocycles. The van der Waals surface area contributed by atoms with E-state index in [1.54, 1.807) is 4.90 Å². The molecule has 0 saturated carbocycles. The van der Waals surface area contributed by atoms with Gasteiger partial charge in [-0.15, -0.1) is 0 Å². The number of hydrogen-bond donors (Lipinski definition) is 2. The number of amides is 4. The Kier molecular flexibility index (Phi) is 11.1. The number of benzene rings is 2. The maximum atomic E-state index is 14.0. The van der Waals surface area contributed by atoms with E-state index in [1.807, 2.05) is 29.2 Å². The number of anilines is 2. The van der Waals surface area contributed by atoms with Crippen LogP contribution in [0.4, 0.5) is 34.1 Å². The molecule has 272 valence electrons. The van der Waals surface area contributed by atoms with Gasteiger partial charge in [0.2, 0.25) is 0 Å². The van der Waals surface area contributed by atoms with Gasteiger partial charge in [-0.3, -0.25) is 9.69 Å². The van der Waals surface area contributed by atoms with Gasteiger partial charge >= 0.3 is 18.3 Å². The number of piperidine rings is 2. The molecule has 6 rings (SSSR count). The zero-order chi connectivity index (χ0) is 35.6. The molecule has 4 heterocycles. The molecule has 11 nitrogen and oxygen atoms in total. The molecule has 4 aliphatic heterocycles. The first-order valence-electron chi connectivity index (χ1n) is 17.3. The van der Waals surface area contributed by atoms with Gasteiger partial charge in [-0.1, -0.05) is 18.2 Å². The van der Waals surface area contributed by atoms with Crippen molar-refractivity contribution in [1.82, 2.24) is 24.5 Å². The molecule has 3 fully saturated rings. The average molecular weight is 765 g/mol. The van der Waals surface area contributed by atoms with Crippen LogP contribution in [-0.4, -0.2) is 127 Å². The van der Waals surface area contributed by atoms with Crippen LogP contribution in [0.15, 0.2) is 40.9 Å². The van der Waals surface area contributed by atoms with Crippen molar-refractivity contribution in [3.05, 3.63) is 57.6 Å².